The molecule has 0 spiro atoms. The van der Waals surface area contributed by atoms with Crippen molar-refractivity contribution < 1.29 is 0 Å². The average molecular weight is 251 g/mol. The Bertz CT molecular complexity index is 554. The molecule has 0 bridgehead atoms. The lowest BCUT2D eigenvalue weighted by molar-refractivity contribution is 0.558. The van der Waals surface area contributed by atoms with Gasteiger partial charge in [0.2, 0.25) is 0 Å². The van der Waals surface area contributed by atoms with Crippen molar-refractivity contribution in [3.63, 3.8) is 0 Å². The van der Waals surface area contributed by atoms with Crippen LogP contribution in [0.25, 0.3) is 11.1 Å². The highest BCUT2D eigenvalue weighted by molar-refractivity contribution is 5.63. The number of benzene rings is 2. The van der Waals surface area contributed by atoms with Crippen LogP contribution in [0, 0.1) is 11.3 Å². The molecule has 0 aliphatic heterocycles. The van der Waals surface area contributed by atoms with E-state index in [4.69, 9.17) is 5.73 Å². The largest absolute Gasteiger partial charge is 0.330 e. The van der Waals surface area contributed by atoms with Crippen molar-refractivity contribution in [1.29, 1.82) is 0 Å². The van der Waals surface area contributed by atoms with Crippen LogP contribution in [0.1, 0.15) is 25.3 Å². The van der Waals surface area contributed by atoms with E-state index in [0.29, 0.717) is 17.3 Å². The first-order valence-electron chi connectivity index (χ1n) is 7.00. The summed E-state index contributed by atoms with van der Waals surface area (Å²) in [6, 6.07) is 19.5. The molecule has 0 saturated heterocycles. The Hall–Kier alpha value is -1.60. The normalized spacial score (nSPS) is 24.2. The summed E-state index contributed by atoms with van der Waals surface area (Å²) in [5, 5.41) is 0. The van der Waals surface area contributed by atoms with Crippen LogP contribution in [0.5, 0.6) is 0 Å². The molecule has 2 N–H and O–H groups in total. The molecule has 0 radical (unpaired) electrons. The summed E-state index contributed by atoms with van der Waals surface area (Å²) in [5.41, 5.74) is 10.2. The molecule has 0 aromatic heterocycles. The molecule has 1 aliphatic carbocycles. The second kappa shape index (κ2) is 4.50. The number of nitrogens with two attached hydrogens (primary N) is 1. The first-order valence-corrected chi connectivity index (χ1v) is 7.00. The van der Waals surface area contributed by atoms with E-state index in [-0.39, 0.29) is 0 Å². The maximum Gasteiger partial charge on any atom is -0.00375 e. The second-order valence-corrected chi connectivity index (χ2v) is 6.13. The molecule has 1 nitrogen and oxygen atoms in total. The molecule has 0 unspecified atom stereocenters. The van der Waals surface area contributed by atoms with E-state index in [0.717, 1.165) is 6.54 Å². The van der Waals surface area contributed by atoms with Gasteiger partial charge in [0, 0.05) is 0 Å². The standard InChI is InChI=1S/C18H21N/c1-18(2)16(12-19)17(18)15-10-8-14(9-11-15)13-6-4-3-5-7-13/h3-11,16-17H,12,19H2,1-2H3/t16-,17-/m1/s1. The highest BCUT2D eigenvalue weighted by Crippen LogP contribution is 2.63. The van der Waals surface area contributed by atoms with Gasteiger partial charge in [0.15, 0.2) is 0 Å². The fourth-order valence-corrected chi connectivity index (χ4v) is 3.36. The maximum atomic E-state index is 5.86. The minimum atomic E-state index is 0.364. The fourth-order valence-electron chi connectivity index (χ4n) is 3.36. The molecule has 0 heterocycles. The van der Waals surface area contributed by atoms with Crippen molar-refractivity contribution in [2.45, 2.75) is 19.8 Å². The van der Waals surface area contributed by atoms with Crippen molar-refractivity contribution in [1.82, 2.24) is 0 Å². The fraction of sp³-hybridized carbons (Fsp3) is 0.333. The summed E-state index contributed by atoms with van der Waals surface area (Å²) in [5.74, 6) is 1.26. The van der Waals surface area contributed by atoms with Crippen molar-refractivity contribution >= 4 is 0 Å². The van der Waals surface area contributed by atoms with Crippen molar-refractivity contribution in [3.05, 3.63) is 60.2 Å². The predicted octanol–water partition coefficient (Wildman–Crippen LogP) is 4.05. The molecular weight excluding hydrogens is 230 g/mol. The zero-order chi connectivity index (χ0) is 13.5. The first-order chi connectivity index (χ1) is 9.14. The summed E-state index contributed by atoms with van der Waals surface area (Å²) in [6.07, 6.45) is 0. The zero-order valence-corrected chi connectivity index (χ0v) is 11.6. The van der Waals surface area contributed by atoms with Gasteiger partial charge in [-0.05, 0) is 40.5 Å². The second-order valence-electron chi connectivity index (χ2n) is 6.13. The van der Waals surface area contributed by atoms with Crippen LogP contribution in [0.4, 0.5) is 0 Å². The monoisotopic (exact) mass is 251 g/mol. The van der Waals surface area contributed by atoms with Crippen LogP contribution in [0.15, 0.2) is 54.6 Å². The summed E-state index contributed by atoms with van der Waals surface area (Å²) in [7, 11) is 0. The van der Waals surface area contributed by atoms with Crippen LogP contribution in [0.3, 0.4) is 0 Å². The number of hydrogen-bond acceptors (Lipinski definition) is 1. The van der Waals surface area contributed by atoms with Crippen LogP contribution in [-0.4, -0.2) is 6.54 Å². The van der Waals surface area contributed by atoms with Gasteiger partial charge in [0.1, 0.15) is 0 Å². The van der Waals surface area contributed by atoms with Crippen LogP contribution >= 0.6 is 0 Å². The lowest BCUT2D eigenvalue weighted by Crippen LogP contribution is -2.05. The predicted molar refractivity (Wildman–Crippen MR) is 80.9 cm³/mol. The Morgan fingerprint density at radius 1 is 0.895 bits per heavy atom. The molecule has 2 atom stereocenters. The van der Waals surface area contributed by atoms with E-state index >= 15 is 0 Å². The average Bonchev–Trinajstić information content (AvgIpc) is 3.01. The lowest BCUT2D eigenvalue weighted by Gasteiger charge is -2.06. The highest BCUT2D eigenvalue weighted by Gasteiger charge is 2.56. The zero-order valence-electron chi connectivity index (χ0n) is 11.6. The number of hydrogen-bond donors (Lipinski definition) is 1. The quantitative estimate of drug-likeness (QED) is 0.875. The van der Waals surface area contributed by atoms with Crippen molar-refractivity contribution in [3.8, 4) is 11.1 Å². The SMILES string of the molecule is CC1(C)[C@H](CN)[C@H]1c1ccc(-c2ccccc2)cc1. The van der Waals surface area contributed by atoms with E-state index in [1.54, 1.807) is 0 Å². The van der Waals surface area contributed by atoms with Crippen LogP contribution in [0.2, 0.25) is 0 Å². The third kappa shape index (κ3) is 2.08. The highest BCUT2D eigenvalue weighted by atomic mass is 14.7. The van der Waals surface area contributed by atoms with E-state index < -0.39 is 0 Å². The smallest absolute Gasteiger partial charge is 0.00375 e. The van der Waals surface area contributed by atoms with E-state index in [9.17, 15) is 0 Å². The van der Waals surface area contributed by atoms with Gasteiger partial charge in [-0.15, -0.1) is 0 Å². The third-order valence-corrected chi connectivity index (χ3v) is 4.68. The van der Waals surface area contributed by atoms with E-state index in [2.05, 4.69) is 68.4 Å². The molecule has 1 aliphatic rings. The summed E-state index contributed by atoms with van der Waals surface area (Å²) in [4.78, 5) is 0. The van der Waals surface area contributed by atoms with Gasteiger partial charge in [0.25, 0.3) is 0 Å². The van der Waals surface area contributed by atoms with Gasteiger partial charge in [0.05, 0.1) is 0 Å². The maximum absolute atomic E-state index is 5.86. The minimum absolute atomic E-state index is 0.364. The molecule has 19 heavy (non-hydrogen) atoms. The molecule has 2 aromatic rings. The van der Waals surface area contributed by atoms with Crippen molar-refractivity contribution in [2.24, 2.45) is 17.1 Å². The molecule has 2 aromatic carbocycles. The minimum Gasteiger partial charge on any atom is -0.330 e. The molecule has 1 fully saturated rings. The first kappa shape index (κ1) is 12.4. The van der Waals surface area contributed by atoms with Gasteiger partial charge in [-0.3, -0.25) is 0 Å². The van der Waals surface area contributed by atoms with Crippen molar-refractivity contribution in [2.75, 3.05) is 6.54 Å². The van der Waals surface area contributed by atoms with E-state index in [1.807, 2.05) is 0 Å². The van der Waals surface area contributed by atoms with Crippen LogP contribution in [-0.2, 0) is 0 Å². The molecule has 1 heteroatoms. The van der Waals surface area contributed by atoms with Gasteiger partial charge in [-0.1, -0.05) is 68.4 Å². The Morgan fingerprint density at radius 2 is 1.47 bits per heavy atom. The number of rotatable bonds is 3. The summed E-state index contributed by atoms with van der Waals surface area (Å²) >= 11 is 0. The third-order valence-electron chi connectivity index (χ3n) is 4.68. The Labute approximate surface area is 115 Å². The van der Waals surface area contributed by atoms with Gasteiger partial charge in [-0.25, -0.2) is 0 Å². The molecular formula is C18H21N. The molecule has 98 valence electrons. The Balaban J connectivity index is 1.85. The van der Waals surface area contributed by atoms with Gasteiger partial charge in [-0.2, -0.15) is 0 Å². The van der Waals surface area contributed by atoms with Gasteiger partial charge >= 0.3 is 0 Å². The van der Waals surface area contributed by atoms with Gasteiger partial charge < -0.3 is 5.73 Å². The molecule has 0 amide bonds. The Morgan fingerprint density at radius 3 is 2.00 bits per heavy atom. The molecule has 1 saturated carbocycles. The molecule has 3 rings (SSSR count). The Kier molecular flexibility index (Phi) is 2.94. The van der Waals surface area contributed by atoms with Crippen LogP contribution < -0.4 is 5.73 Å². The topological polar surface area (TPSA) is 26.0 Å². The lowest BCUT2D eigenvalue weighted by atomic mass is 9.99. The van der Waals surface area contributed by atoms with E-state index in [1.165, 1.54) is 16.7 Å². The summed E-state index contributed by atoms with van der Waals surface area (Å²) < 4.78 is 0. The summed E-state index contributed by atoms with van der Waals surface area (Å²) in [6.45, 7) is 5.43.